The fourth-order valence-corrected chi connectivity index (χ4v) is 1.65. The Hall–Kier alpha value is -1.37. The minimum atomic E-state index is -3.01. The summed E-state index contributed by atoms with van der Waals surface area (Å²) in [5.41, 5.74) is -0.355. The van der Waals surface area contributed by atoms with Crippen LogP contribution in [-0.2, 0) is 9.84 Å². The third-order valence-corrected chi connectivity index (χ3v) is 3.56. The van der Waals surface area contributed by atoms with E-state index in [-0.39, 0.29) is 29.4 Å². The van der Waals surface area contributed by atoms with Crippen molar-refractivity contribution in [1.29, 1.82) is 0 Å². The van der Waals surface area contributed by atoms with Crippen molar-refractivity contribution in [2.45, 2.75) is 6.92 Å². The van der Waals surface area contributed by atoms with Gasteiger partial charge >= 0.3 is 0 Å². The van der Waals surface area contributed by atoms with Crippen LogP contribution in [0.1, 0.15) is 6.92 Å². The van der Waals surface area contributed by atoms with E-state index < -0.39 is 9.84 Å². The lowest BCUT2D eigenvalue weighted by atomic mass is 10.6. The molecule has 0 saturated carbocycles. The number of hydrogen-bond donors (Lipinski definition) is 2. The van der Waals surface area contributed by atoms with E-state index in [0.29, 0.717) is 0 Å². The van der Waals surface area contributed by atoms with Crippen LogP contribution in [-0.4, -0.2) is 36.4 Å². The van der Waals surface area contributed by atoms with Crippen LogP contribution in [0.25, 0.3) is 0 Å². The van der Waals surface area contributed by atoms with Crippen molar-refractivity contribution in [3.8, 4) is 0 Å². The van der Waals surface area contributed by atoms with Crippen LogP contribution in [0.5, 0.6) is 0 Å². The van der Waals surface area contributed by atoms with Crippen LogP contribution in [0.15, 0.2) is 17.2 Å². The highest BCUT2D eigenvalue weighted by molar-refractivity contribution is 7.91. The van der Waals surface area contributed by atoms with Crippen molar-refractivity contribution in [3.05, 3.63) is 22.7 Å². The quantitative estimate of drug-likeness (QED) is 0.720. The number of aromatic nitrogens is 2. The van der Waals surface area contributed by atoms with Gasteiger partial charge in [-0.25, -0.2) is 13.4 Å². The van der Waals surface area contributed by atoms with Crippen LogP contribution in [0.4, 0.5) is 5.82 Å². The highest BCUT2D eigenvalue weighted by Crippen LogP contribution is 1.92. The first-order chi connectivity index (χ1) is 7.05. The smallest absolute Gasteiger partial charge is 0.290 e. The van der Waals surface area contributed by atoms with Gasteiger partial charge in [-0.1, -0.05) is 6.92 Å². The largest absolute Gasteiger partial charge is 0.364 e. The first-order valence-corrected chi connectivity index (χ1v) is 6.35. The molecule has 2 N–H and O–H groups in total. The van der Waals surface area contributed by atoms with E-state index in [2.05, 4.69) is 15.3 Å². The van der Waals surface area contributed by atoms with E-state index in [0.717, 1.165) is 0 Å². The van der Waals surface area contributed by atoms with Crippen molar-refractivity contribution in [2.75, 3.05) is 23.4 Å². The van der Waals surface area contributed by atoms with E-state index in [1.54, 1.807) is 6.92 Å². The van der Waals surface area contributed by atoms with Crippen molar-refractivity contribution in [1.82, 2.24) is 9.97 Å². The highest BCUT2D eigenvalue weighted by atomic mass is 32.2. The Morgan fingerprint density at radius 3 is 2.87 bits per heavy atom. The predicted molar refractivity (Wildman–Crippen MR) is 57.7 cm³/mol. The molecule has 1 rings (SSSR count). The maximum Gasteiger partial charge on any atom is 0.290 e. The average Bonchev–Trinajstić information content (AvgIpc) is 2.21. The number of aromatic amines is 1. The summed E-state index contributed by atoms with van der Waals surface area (Å²) in [6, 6.07) is 0. The summed E-state index contributed by atoms with van der Waals surface area (Å²) in [6.45, 7) is 1.78. The molecule has 6 nitrogen and oxygen atoms in total. The molecule has 1 heterocycles. The minimum absolute atomic E-state index is 0.000482. The molecule has 84 valence electrons. The number of rotatable bonds is 5. The standard InChI is InChI=1S/C8H13N3O3S/c1-2-15(13,14)6-5-10-7-8(12)11-4-3-9-7/h3-4H,2,5-6H2,1H3,(H,9,10)(H,11,12). The summed E-state index contributed by atoms with van der Waals surface area (Å²) in [7, 11) is -3.01. The molecule has 7 heteroatoms. The number of nitrogens with one attached hydrogen (secondary N) is 2. The number of nitrogens with zero attached hydrogens (tertiary/aromatic N) is 1. The Labute approximate surface area is 87.7 Å². The zero-order chi connectivity index (χ0) is 11.3. The molecule has 0 aliphatic heterocycles. The lowest BCUT2D eigenvalue weighted by Gasteiger charge is -2.03. The summed E-state index contributed by atoms with van der Waals surface area (Å²) in [5.74, 6) is 0.246. The van der Waals surface area contributed by atoms with Gasteiger partial charge in [0.2, 0.25) is 0 Å². The Kier molecular flexibility index (Phi) is 3.84. The molecule has 0 aromatic carbocycles. The van der Waals surface area contributed by atoms with E-state index in [1.165, 1.54) is 12.4 Å². The molecule has 0 bridgehead atoms. The van der Waals surface area contributed by atoms with Gasteiger partial charge in [-0.05, 0) is 0 Å². The SMILES string of the molecule is CCS(=O)(=O)CCNc1ncc[nH]c1=O. The van der Waals surface area contributed by atoms with Gasteiger partial charge in [0.1, 0.15) is 0 Å². The maximum atomic E-state index is 11.1. The van der Waals surface area contributed by atoms with Crippen molar-refractivity contribution >= 4 is 15.7 Å². The second kappa shape index (κ2) is 4.92. The minimum Gasteiger partial charge on any atom is -0.364 e. The molecule has 0 saturated heterocycles. The molecule has 0 aliphatic carbocycles. The van der Waals surface area contributed by atoms with Gasteiger partial charge in [0.15, 0.2) is 15.7 Å². The van der Waals surface area contributed by atoms with Crippen LogP contribution >= 0.6 is 0 Å². The normalized spacial score (nSPS) is 11.3. The molecule has 0 radical (unpaired) electrons. The van der Waals surface area contributed by atoms with E-state index in [1.807, 2.05) is 0 Å². The molecule has 0 aliphatic rings. The molecule has 0 atom stereocenters. The number of hydrogen-bond acceptors (Lipinski definition) is 5. The molecule has 1 aromatic heterocycles. The average molecular weight is 231 g/mol. The summed E-state index contributed by atoms with van der Waals surface area (Å²) in [5, 5.41) is 2.67. The zero-order valence-corrected chi connectivity index (χ0v) is 9.17. The van der Waals surface area contributed by atoms with Gasteiger partial charge in [-0.3, -0.25) is 4.79 Å². The Bertz CT molecular complexity index is 466. The Balaban J connectivity index is 2.53. The number of anilines is 1. The lowest BCUT2D eigenvalue weighted by molar-refractivity contribution is 0.597. The van der Waals surface area contributed by atoms with Gasteiger partial charge < -0.3 is 10.3 Å². The molecular weight excluding hydrogens is 218 g/mol. The topological polar surface area (TPSA) is 91.9 Å². The molecule has 0 amide bonds. The summed E-state index contributed by atoms with van der Waals surface area (Å²) < 4.78 is 22.3. The molecule has 1 aromatic rings. The summed E-state index contributed by atoms with van der Waals surface area (Å²) in [6.07, 6.45) is 2.84. The zero-order valence-electron chi connectivity index (χ0n) is 8.36. The van der Waals surface area contributed by atoms with Crippen LogP contribution in [0.2, 0.25) is 0 Å². The second-order valence-corrected chi connectivity index (χ2v) is 5.40. The molecule has 0 unspecified atom stereocenters. The summed E-state index contributed by atoms with van der Waals surface area (Å²) >= 11 is 0. The van der Waals surface area contributed by atoms with Gasteiger partial charge in [0, 0.05) is 24.7 Å². The van der Waals surface area contributed by atoms with Crippen molar-refractivity contribution in [2.24, 2.45) is 0 Å². The van der Waals surface area contributed by atoms with Crippen LogP contribution in [0.3, 0.4) is 0 Å². The van der Waals surface area contributed by atoms with Gasteiger partial charge in [0.05, 0.1) is 5.75 Å². The molecule has 0 spiro atoms. The third kappa shape index (κ3) is 3.70. The van der Waals surface area contributed by atoms with Crippen LogP contribution in [0, 0.1) is 0 Å². The predicted octanol–water partition coefficient (Wildman–Crippen LogP) is -0.384. The first kappa shape index (κ1) is 11.7. The van der Waals surface area contributed by atoms with Gasteiger partial charge in [-0.2, -0.15) is 0 Å². The molecule has 15 heavy (non-hydrogen) atoms. The van der Waals surface area contributed by atoms with Gasteiger partial charge in [0.25, 0.3) is 5.56 Å². The molecular formula is C8H13N3O3S. The van der Waals surface area contributed by atoms with Gasteiger partial charge in [-0.15, -0.1) is 0 Å². The van der Waals surface area contributed by atoms with Crippen molar-refractivity contribution in [3.63, 3.8) is 0 Å². The van der Waals surface area contributed by atoms with E-state index >= 15 is 0 Å². The van der Waals surface area contributed by atoms with E-state index in [4.69, 9.17) is 0 Å². The van der Waals surface area contributed by atoms with Crippen LogP contribution < -0.4 is 10.9 Å². The monoisotopic (exact) mass is 231 g/mol. The Morgan fingerprint density at radius 1 is 1.53 bits per heavy atom. The lowest BCUT2D eigenvalue weighted by Crippen LogP contribution is -2.21. The Morgan fingerprint density at radius 2 is 2.27 bits per heavy atom. The first-order valence-electron chi connectivity index (χ1n) is 4.53. The number of sulfone groups is 1. The maximum absolute atomic E-state index is 11.1. The summed E-state index contributed by atoms with van der Waals surface area (Å²) in [4.78, 5) is 17.3. The van der Waals surface area contributed by atoms with E-state index in [9.17, 15) is 13.2 Å². The fourth-order valence-electron chi connectivity index (χ4n) is 0.947. The number of H-pyrrole nitrogens is 1. The van der Waals surface area contributed by atoms with Crippen molar-refractivity contribution < 1.29 is 8.42 Å². The third-order valence-electron chi connectivity index (χ3n) is 1.85. The second-order valence-electron chi connectivity index (χ2n) is 2.93. The molecule has 0 fully saturated rings. The highest BCUT2D eigenvalue weighted by Gasteiger charge is 2.07. The fraction of sp³-hybridized carbons (Fsp3) is 0.500.